The molecular formula is C10H22NO+. The number of quaternary nitrogens is 1. The third-order valence-corrected chi connectivity index (χ3v) is 3.13. The van der Waals surface area contributed by atoms with Gasteiger partial charge in [-0.3, -0.25) is 0 Å². The molecule has 1 aliphatic carbocycles. The van der Waals surface area contributed by atoms with Gasteiger partial charge in [0.15, 0.2) is 0 Å². The van der Waals surface area contributed by atoms with Crippen LogP contribution in [0.4, 0.5) is 0 Å². The van der Waals surface area contributed by atoms with Crippen molar-refractivity contribution in [2.75, 3.05) is 21.1 Å². The van der Waals surface area contributed by atoms with Crippen molar-refractivity contribution < 1.29 is 9.59 Å². The van der Waals surface area contributed by atoms with E-state index in [0.29, 0.717) is 12.0 Å². The molecule has 12 heavy (non-hydrogen) atoms. The van der Waals surface area contributed by atoms with Crippen LogP contribution in [0.3, 0.4) is 0 Å². The Morgan fingerprint density at radius 2 is 1.75 bits per heavy atom. The fourth-order valence-electron chi connectivity index (χ4n) is 2.22. The van der Waals surface area contributed by atoms with Gasteiger partial charge in [-0.1, -0.05) is 6.92 Å². The van der Waals surface area contributed by atoms with Crippen molar-refractivity contribution in [3.05, 3.63) is 0 Å². The quantitative estimate of drug-likeness (QED) is 0.590. The van der Waals surface area contributed by atoms with Crippen LogP contribution in [0.2, 0.25) is 0 Å². The minimum absolute atomic E-state index is 0.0984. The van der Waals surface area contributed by atoms with Crippen molar-refractivity contribution in [1.29, 1.82) is 0 Å². The molecular weight excluding hydrogens is 150 g/mol. The highest BCUT2D eigenvalue weighted by atomic mass is 16.3. The third-order valence-electron chi connectivity index (χ3n) is 3.13. The van der Waals surface area contributed by atoms with E-state index in [9.17, 15) is 5.11 Å². The van der Waals surface area contributed by atoms with Gasteiger partial charge in [-0.15, -0.1) is 0 Å². The van der Waals surface area contributed by atoms with Crippen molar-refractivity contribution in [3.8, 4) is 0 Å². The van der Waals surface area contributed by atoms with Gasteiger partial charge < -0.3 is 9.59 Å². The molecule has 72 valence electrons. The molecule has 1 saturated carbocycles. The summed E-state index contributed by atoms with van der Waals surface area (Å²) >= 11 is 0. The van der Waals surface area contributed by atoms with Crippen LogP contribution in [0.15, 0.2) is 0 Å². The molecule has 1 N–H and O–H groups in total. The Hall–Kier alpha value is -0.0800. The topological polar surface area (TPSA) is 20.2 Å². The molecule has 2 unspecified atom stereocenters. The molecule has 0 radical (unpaired) electrons. The molecule has 0 aliphatic heterocycles. The van der Waals surface area contributed by atoms with Crippen molar-refractivity contribution in [1.82, 2.24) is 0 Å². The van der Waals surface area contributed by atoms with Gasteiger partial charge in [0.25, 0.3) is 0 Å². The minimum atomic E-state index is -0.0984. The first-order valence-corrected chi connectivity index (χ1v) is 4.92. The summed E-state index contributed by atoms with van der Waals surface area (Å²) in [6, 6.07) is 0.439. The Bertz CT molecular complexity index is 150. The SMILES string of the molecule is CC1CCCC([N+](C)(C)C)[C@@H]1O. The van der Waals surface area contributed by atoms with Crippen molar-refractivity contribution in [2.24, 2.45) is 5.92 Å². The van der Waals surface area contributed by atoms with Crippen molar-refractivity contribution >= 4 is 0 Å². The van der Waals surface area contributed by atoms with Gasteiger partial charge >= 0.3 is 0 Å². The summed E-state index contributed by atoms with van der Waals surface area (Å²) in [6.45, 7) is 2.16. The number of hydrogen-bond acceptors (Lipinski definition) is 1. The molecule has 0 aromatic rings. The van der Waals surface area contributed by atoms with E-state index in [-0.39, 0.29) is 6.10 Å². The van der Waals surface area contributed by atoms with E-state index in [4.69, 9.17) is 0 Å². The first-order chi connectivity index (χ1) is 5.43. The molecule has 1 aliphatic rings. The van der Waals surface area contributed by atoms with Gasteiger partial charge in [-0.2, -0.15) is 0 Å². The molecule has 0 aromatic carbocycles. The Morgan fingerprint density at radius 3 is 2.17 bits per heavy atom. The van der Waals surface area contributed by atoms with E-state index in [1.54, 1.807) is 0 Å². The lowest BCUT2D eigenvalue weighted by atomic mass is 9.83. The predicted molar refractivity (Wildman–Crippen MR) is 50.8 cm³/mol. The maximum absolute atomic E-state index is 9.96. The summed E-state index contributed by atoms with van der Waals surface area (Å²) in [5.41, 5.74) is 0. The predicted octanol–water partition coefficient (Wildman–Crippen LogP) is 1.24. The van der Waals surface area contributed by atoms with Gasteiger partial charge in [-0.05, 0) is 18.8 Å². The van der Waals surface area contributed by atoms with Gasteiger partial charge in [0, 0.05) is 6.42 Å². The molecule has 3 atom stereocenters. The van der Waals surface area contributed by atoms with E-state index in [1.807, 2.05) is 0 Å². The molecule has 2 nitrogen and oxygen atoms in total. The smallest absolute Gasteiger partial charge is 0.115 e. The zero-order valence-corrected chi connectivity index (χ0v) is 8.75. The lowest BCUT2D eigenvalue weighted by molar-refractivity contribution is -0.901. The largest absolute Gasteiger partial charge is 0.387 e. The monoisotopic (exact) mass is 172 g/mol. The third kappa shape index (κ3) is 1.99. The van der Waals surface area contributed by atoms with E-state index in [0.717, 1.165) is 4.48 Å². The van der Waals surface area contributed by atoms with Gasteiger partial charge in [0.05, 0.1) is 21.1 Å². The van der Waals surface area contributed by atoms with Crippen LogP contribution >= 0.6 is 0 Å². The van der Waals surface area contributed by atoms with Crippen LogP contribution < -0.4 is 0 Å². The second-order valence-corrected chi connectivity index (χ2v) is 5.08. The maximum atomic E-state index is 9.96. The molecule has 1 rings (SSSR count). The Morgan fingerprint density at radius 1 is 1.17 bits per heavy atom. The molecule has 0 spiro atoms. The standard InChI is InChI=1S/C10H22NO/c1-8-6-5-7-9(10(8)12)11(2,3)4/h8-10,12H,5-7H2,1-4H3/q+1/t8?,9?,10-/m1/s1. The number of aliphatic hydroxyl groups excluding tert-OH is 1. The van der Waals surface area contributed by atoms with Crippen LogP contribution in [-0.2, 0) is 0 Å². The lowest BCUT2D eigenvalue weighted by Gasteiger charge is -2.42. The zero-order valence-electron chi connectivity index (χ0n) is 8.75. The summed E-state index contributed by atoms with van der Waals surface area (Å²) in [7, 11) is 6.52. The van der Waals surface area contributed by atoms with E-state index in [1.165, 1.54) is 19.3 Å². The molecule has 2 heteroatoms. The molecule has 0 amide bonds. The van der Waals surface area contributed by atoms with Crippen LogP contribution in [0.25, 0.3) is 0 Å². The fraction of sp³-hybridized carbons (Fsp3) is 1.00. The summed E-state index contributed by atoms with van der Waals surface area (Å²) in [5.74, 6) is 0.487. The van der Waals surface area contributed by atoms with Crippen LogP contribution in [-0.4, -0.2) is 42.9 Å². The molecule has 1 fully saturated rings. The summed E-state index contributed by atoms with van der Waals surface area (Å²) in [4.78, 5) is 0. The Balaban J connectivity index is 2.64. The highest BCUT2D eigenvalue weighted by Gasteiger charge is 2.37. The number of likely N-dealkylation sites (N-methyl/N-ethyl adjacent to an activating group) is 1. The van der Waals surface area contributed by atoms with Crippen LogP contribution in [0.1, 0.15) is 26.2 Å². The maximum Gasteiger partial charge on any atom is 0.115 e. The van der Waals surface area contributed by atoms with Gasteiger partial charge in [0.2, 0.25) is 0 Å². The minimum Gasteiger partial charge on any atom is -0.387 e. The van der Waals surface area contributed by atoms with E-state index >= 15 is 0 Å². The average Bonchev–Trinajstić information content (AvgIpc) is 1.92. The molecule has 0 bridgehead atoms. The second kappa shape index (κ2) is 3.35. The highest BCUT2D eigenvalue weighted by molar-refractivity contribution is 4.79. The average molecular weight is 172 g/mol. The highest BCUT2D eigenvalue weighted by Crippen LogP contribution is 2.28. The van der Waals surface area contributed by atoms with E-state index in [2.05, 4.69) is 28.1 Å². The van der Waals surface area contributed by atoms with Crippen molar-refractivity contribution in [3.63, 3.8) is 0 Å². The molecule has 0 aromatic heterocycles. The van der Waals surface area contributed by atoms with E-state index < -0.39 is 0 Å². The van der Waals surface area contributed by atoms with Crippen LogP contribution in [0, 0.1) is 5.92 Å². The first-order valence-electron chi connectivity index (χ1n) is 4.92. The number of hydrogen-bond donors (Lipinski definition) is 1. The zero-order chi connectivity index (χ0) is 9.35. The summed E-state index contributed by atoms with van der Waals surface area (Å²) in [6.07, 6.45) is 3.55. The molecule has 0 heterocycles. The van der Waals surface area contributed by atoms with Gasteiger partial charge in [-0.25, -0.2) is 0 Å². The van der Waals surface area contributed by atoms with Crippen LogP contribution in [0.5, 0.6) is 0 Å². The first kappa shape index (κ1) is 10.0. The normalized spacial score (nSPS) is 38.2. The Labute approximate surface area is 75.8 Å². The fourth-order valence-corrected chi connectivity index (χ4v) is 2.22. The number of aliphatic hydroxyl groups is 1. The molecule has 0 saturated heterocycles. The lowest BCUT2D eigenvalue weighted by Crippen LogP contribution is -2.55. The Kier molecular flexibility index (Phi) is 2.79. The summed E-state index contributed by atoms with van der Waals surface area (Å²) < 4.78 is 0.894. The second-order valence-electron chi connectivity index (χ2n) is 5.08. The van der Waals surface area contributed by atoms with Crippen molar-refractivity contribution in [2.45, 2.75) is 38.3 Å². The number of rotatable bonds is 1. The number of nitrogens with zero attached hydrogens (tertiary/aromatic N) is 1. The summed E-state index contributed by atoms with van der Waals surface area (Å²) in [5, 5.41) is 9.96. The van der Waals surface area contributed by atoms with Gasteiger partial charge in [0.1, 0.15) is 12.1 Å².